The Balaban J connectivity index is 1.26. The van der Waals surface area contributed by atoms with Crippen molar-refractivity contribution in [2.75, 3.05) is 13.1 Å². The van der Waals surface area contributed by atoms with Crippen LogP contribution in [0.1, 0.15) is 49.8 Å². The molecular formula is C17H28N4O2S. The first-order valence-corrected chi connectivity index (χ1v) is 10.6. The van der Waals surface area contributed by atoms with Crippen molar-refractivity contribution in [3.05, 3.63) is 17.5 Å². The van der Waals surface area contributed by atoms with E-state index in [1.54, 1.807) is 0 Å². The third-order valence-corrected chi connectivity index (χ3v) is 8.09. The highest BCUT2D eigenvalue weighted by molar-refractivity contribution is 7.90. The largest absolute Gasteiger partial charge is 0.299 e. The molecule has 1 aliphatic heterocycles. The summed E-state index contributed by atoms with van der Waals surface area (Å²) in [6, 6.07) is 0.183. The van der Waals surface area contributed by atoms with Crippen LogP contribution in [0.4, 0.5) is 0 Å². The van der Waals surface area contributed by atoms with E-state index in [9.17, 15) is 8.42 Å². The molecule has 6 nitrogen and oxygen atoms in total. The van der Waals surface area contributed by atoms with Crippen LogP contribution in [0.25, 0.3) is 0 Å². The van der Waals surface area contributed by atoms with Gasteiger partial charge in [0.2, 0.25) is 10.0 Å². The van der Waals surface area contributed by atoms with E-state index in [1.807, 2.05) is 11.7 Å². The van der Waals surface area contributed by atoms with Gasteiger partial charge in [0.05, 0.1) is 10.9 Å². The fourth-order valence-electron chi connectivity index (χ4n) is 4.41. The Morgan fingerprint density at radius 2 is 1.96 bits per heavy atom. The van der Waals surface area contributed by atoms with Gasteiger partial charge in [0.1, 0.15) is 0 Å². The quantitative estimate of drug-likeness (QED) is 0.873. The van der Waals surface area contributed by atoms with Crippen molar-refractivity contribution in [1.82, 2.24) is 19.4 Å². The molecule has 2 heterocycles. The number of aromatic nitrogens is 2. The van der Waals surface area contributed by atoms with Crippen molar-refractivity contribution in [2.24, 2.45) is 12.5 Å². The second kappa shape index (κ2) is 5.81. The van der Waals surface area contributed by atoms with Gasteiger partial charge in [-0.05, 0) is 64.0 Å². The molecule has 24 heavy (non-hydrogen) atoms. The zero-order chi connectivity index (χ0) is 16.9. The zero-order valence-electron chi connectivity index (χ0n) is 14.7. The first kappa shape index (κ1) is 16.5. The summed E-state index contributed by atoms with van der Waals surface area (Å²) in [6.45, 7) is 5.27. The average molecular weight is 353 g/mol. The molecule has 0 radical (unpaired) electrons. The van der Waals surface area contributed by atoms with E-state index in [-0.39, 0.29) is 11.3 Å². The fraction of sp³-hybridized carbons (Fsp3) is 0.824. The second-order valence-electron chi connectivity index (χ2n) is 8.16. The number of nitrogens with zero attached hydrogens (tertiary/aromatic N) is 3. The van der Waals surface area contributed by atoms with Crippen LogP contribution in [-0.2, 0) is 23.6 Å². The van der Waals surface area contributed by atoms with Gasteiger partial charge in [0.15, 0.2) is 0 Å². The summed E-state index contributed by atoms with van der Waals surface area (Å²) in [6.07, 6.45) is 8.23. The normalized spacial score (nSPS) is 25.1. The van der Waals surface area contributed by atoms with E-state index in [2.05, 4.69) is 27.8 Å². The maximum absolute atomic E-state index is 12.0. The standard InChI is InChI=1S/C17H28N4O2S/c1-13-14(11-20(2)18-13)12-21-7-5-17(6-8-21)9-15(10-17)19-24(22,23)16-3-4-16/h11,15-16,19H,3-10,12H2,1-2H3. The lowest BCUT2D eigenvalue weighted by Crippen LogP contribution is -2.55. The van der Waals surface area contributed by atoms with E-state index in [1.165, 1.54) is 18.4 Å². The fourth-order valence-corrected chi connectivity index (χ4v) is 5.99. The third-order valence-electron chi connectivity index (χ3n) is 6.08. The molecule has 2 aliphatic carbocycles. The van der Waals surface area contributed by atoms with E-state index in [0.717, 1.165) is 51.0 Å². The van der Waals surface area contributed by atoms with Gasteiger partial charge in [-0.1, -0.05) is 0 Å². The Morgan fingerprint density at radius 3 is 2.50 bits per heavy atom. The van der Waals surface area contributed by atoms with Gasteiger partial charge in [0.25, 0.3) is 0 Å². The predicted molar refractivity (Wildman–Crippen MR) is 93.0 cm³/mol. The van der Waals surface area contributed by atoms with E-state index in [0.29, 0.717) is 5.41 Å². The Hall–Kier alpha value is -0.920. The van der Waals surface area contributed by atoms with Crippen LogP contribution in [0.2, 0.25) is 0 Å². The molecule has 134 valence electrons. The molecule has 1 aromatic rings. The lowest BCUT2D eigenvalue weighted by molar-refractivity contribution is 0.0105. The van der Waals surface area contributed by atoms with Crippen molar-refractivity contribution in [2.45, 2.75) is 63.3 Å². The van der Waals surface area contributed by atoms with Crippen molar-refractivity contribution in [1.29, 1.82) is 0 Å². The van der Waals surface area contributed by atoms with Gasteiger partial charge >= 0.3 is 0 Å². The highest BCUT2D eigenvalue weighted by Crippen LogP contribution is 2.49. The summed E-state index contributed by atoms with van der Waals surface area (Å²) in [7, 11) is -1.05. The van der Waals surface area contributed by atoms with Crippen molar-refractivity contribution >= 4 is 10.0 Å². The summed E-state index contributed by atoms with van der Waals surface area (Å²) < 4.78 is 28.9. The molecule has 7 heteroatoms. The van der Waals surface area contributed by atoms with Crippen molar-refractivity contribution in [3.8, 4) is 0 Å². The maximum Gasteiger partial charge on any atom is 0.214 e. The zero-order valence-corrected chi connectivity index (χ0v) is 15.5. The van der Waals surface area contributed by atoms with Crippen LogP contribution in [0.15, 0.2) is 6.20 Å². The van der Waals surface area contributed by atoms with Crippen LogP contribution in [-0.4, -0.2) is 47.5 Å². The lowest BCUT2D eigenvalue weighted by Gasteiger charge is -2.52. The minimum atomic E-state index is -3.03. The van der Waals surface area contributed by atoms with Crippen LogP contribution in [0.5, 0.6) is 0 Å². The van der Waals surface area contributed by atoms with Crippen LogP contribution >= 0.6 is 0 Å². The van der Waals surface area contributed by atoms with E-state index < -0.39 is 10.0 Å². The molecular weight excluding hydrogens is 324 g/mol. The molecule has 3 aliphatic rings. The Morgan fingerprint density at radius 1 is 1.29 bits per heavy atom. The maximum atomic E-state index is 12.0. The summed E-state index contributed by atoms with van der Waals surface area (Å²) in [5, 5.41) is 4.32. The summed E-state index contributed by atoms with van der Waals surface area (Å²) >= 11 is 0. The molecule has 1 spiro atoms. The number of hydrogen-bond donors (Lipinski definition) is 1. The van der Waals surface area contributed by atoms with Gasteiger partial charge in [-0.3, -0.25) is 9.58 Å². The Bertz CT molecular complexity index is 707. The topological polar surface area (TPSA) is 67.2 Å². The predicted octanol–water partition coefficient (Wildman–Crippen LogP) is 1.55. The highest BCUT2D eigenvalue weighted by atomic mass is 32.2. The molecule has 1 aromatic heterocycles. The molecule has 4 rings (SSSR count). The van der Waals surface area contributed by atoms with Crippen LogP contribution in [0, 0.1) is 12.3 Å². The van der Waals surface area contributed by atoms with Crippen LogP contribution in [0.3, 0.4) is 0 Å². The van der Waals surface area contributed by atoms with Gasteiger partial charge in [-0.25, -0.2) is 13.1 Å². The van der Waals surface area contributed by atoms with Gasteiger partial charge in [0, 0.05) is 31.4 Å². The van der Waals surface area contributed by atoms with Crippen molar-refractivity contribution in [3.63, 3.8) is 0 Å². The monoisotopic (exact) mass is 352 g/mol. The molecule has 0 aromatic carbocycles. The van der Waals surface area contributed by atoms with E-state index in [4.69, 9.17) is 0 Å². The molecule has 2 saturated carbocycles. The summed E-state index contributed by atoms with van der Waals surface area (Å²) in [4.78, 5) is 2.51. The molecule has 1 N–H and O–H groups in total. The van der Waals surface area contributed by atoms with E-state index >= 15 is 0 Å². The average Bonchev–Trinajstić information content (AvgIpc) is 3.27. The van der Waals surface area contributed by atoms with Crippen LogP contribution < -0.4 is 4.72 Å². The number of sulfonamides is 1. The number of aryl methyl sites for hydroxylation is 2. The van der Waals surface area contributed by atoms with Crippen molar-refractivity contribution < 1.29 is 8.42 Å². The highest BCUT2D eigenvalue weighted by Gasteiger charge is 2.48. The first-order valence-electron chi connectivity index (χ1n) is 9.08. The van der Waals surface area contributed by atoms with Gasteiger partial charge in [-0.15, -0.1) is 0 Å². The number of likely N-dealkylation sites (tertiary alicyclic amines) is 1. The second-order valence-corrected chi connectivity index (χ2v) is 10.1. The summed E-state index contributed by atoms with van der Waals surface area (Å²) in [5.74, 6) is 0. The lowest BCUT2D eigenvalue weighted by atomic mass is 9.60. The molecule has 0 amide bonds. The molecule has 3 fully saturated rings. The number of rotatable bonds is 5. The number of piperidine rings is 1. The smallest absolute Gasteiger partial charge is 0.214 e. The third kappa shape index (κ3) is 3.26. The number of nitrogens with one attached hydrogen (secondary N) is 1. The number of hydrogen-bond acceptors (Lipinski definition) is 4. The Kier molecular flexibility index (Phi) is 4.01. The van der Waals surface area contributed by atoms with Gasteiger partial charge in [-0.2, -0.15) is 5.10 Å². The minimum absolute atomic E-state index is 0.0985. The SMILES string of the molecule is Cc1nn(C)cc1CN1CCC2(CC1)CC(NS(=O)(=O)C1CC1)C2. The molecule has 0 bridgehead atoms. The molecule has 1 saturated heterocycles. The minimum Gasteiger partial charge on any atom is -0.299 e. The first-order chi connectivity index (χ1) is 11.4. The summed E-state index contributed by atoms with van der Waals surface area (Å²) in [5.41, 5.74) is 2.82. The Labute approximate surface area is 144 Å². The van der Waals surface area contributed by atoms with Gasteiger partial charge < -0.3 is 0 Å². The molecule has 0 atom stereocenters. The molecule has 0 unspecified atom stereocenters.